The Bertz CT molecular complexity index is 689. The number of carboxylic acid groups (broad SMARTS) is 1. The molecule has 1 atom stereocenters. The van der Waals surface area contributed by atoms with Crippen molar-refractivity contribution in [2.24, 2.45) is 5.92 Å². The maximum atomic E-state index is 12.2. The van der Waals surface area contributed by atoms with Crippen LogP contribution in [0.15, 0.2) is 23.1 Å². The molecule has 0 radical (unpaired) electrons. The molecule has 0 bridgehead atoms. The van der Waals surface area contributed by atoms with Crippen molar-refractivity contribution in [3.8, 4) is 0 Å². The van der Waals surface area contributed by atoms with E-state index in [0.717, 1.165) is 18.2 Å². The summed E-state index contributed by atoms with van der Waals surface area (Å²) >= 11 is 5.76. The van der Waals surface area contributed by atoms with Gasteiger partial charge in [-0.1, -0.05) is 25.4 Å². The van der Waals surface area contributed by atoms with Crippen molar-refractivity contribution in [3.05, 3.63) is 33.3 Å². The van der Waals surface area contributed by atoms with Crippen molar-refractivity contribution >= 4 is 33.3 Å². The summed E-state index contributed by atoms with van der Waals surface area (Å²) < 4.78 is 26.5. The zero-order valence-corrected chi connectivity index (χ0v) is 13.4. The number of carboxylic acids is 1. The van der Waals surface area contributed by atoms with Crippen LogP contribution in [0.5, 0.6) is 0 Å². The smallest absolute Gasteiger partial charge is 0.321 e. The summed E-state index contributed by atoms with van der Waals surface area (Å²) in [6.45, 7) is 3.51. The summed E-state index contributed by atoms with van der Waals surface area (Å²) in [6, 6.07) is 1.54. The van der Waals surface area contributed by atoms with Crippen LogP contribution in [-0.2, 0) is 14.8 Å². The number of rotatable bonds is 7. The Balaban J connectivity index is 3.13. The van der Waals surface area contributed by atoms with Crippen LogP contribution in [0.25, 0.3) is 0 Å². The minimum absolute atomic E-state index is 0.0452. The maximum absolute atomic E-state index is 12.2. The summed E-state index contributed by atoms with van der Waals surface area (Å²) in [5.74, 6) is -1.36. The first-order valence-corrected chi connectivity index (χ1v) is 8.09. The van der Waals surface area contributed by atoms with Crippen LogP contribution in [0.3, 0.4) is 0 Å². The van der Waals surface area contributed by atoms with E-state index in [0.29, 0.717) is 0 Å². The van der Waals surface area contributed by atoms with Gasteiger partial charge in [0, 0.05) is 12.1 Å². The highest BCUT2D eigenvalue weighted by molar-refractivity contribution is 7.89. The number of sulfonamides is 1. The number of halogens is 1. The number of benzene rings is 1. The number of carbonyl (C=O) groups is 1. The van der Waals surface area contributed by atoms with Crippen LogP contribution in [0.1, 0.15) is 20.3 Å². The first kappa shape index (κ1) is 18.3. The summed E-state index contributed by atoms with van der Waals surface area (Å²) in [7, 11) is -4.21. The lowest BCUT2D eigenvalue weighted by molar-refractivity contribution is -0.384. The van der Waals surface area contributed by atoms with Gasteiger partial charge in [0.25, 0.3) is 5.69 Å². The van der Waals surface area contributed by atoms with Crippen LogP contribution < -0.4 is 4.72 Å². The molecule has 1 aromatic rings. The molecule has 0 aliphatic carbocycles. The fraction of sp³-hybridized carbons (Fsp3) is 0.417. The van der Waals surface area contributed by atoms with Gasteiger partial charge >= 0.3 is 5.97 Å². The standard InChI is InChI=1S/C12H15ClN2O6S/c1-7(2)5-10(12(16)17)14-22(20,21)11-4-3-8(15(18)19)6-9(11)13/h3-4,6-7,10,14H,5H2,1-2H3,(H,16,17)/t10-/m0/s1. The summed E-state index contributed by atoms with van der Waals surface area (Å²) in [4.78, 5) is 20.6. The number of hydrogen-bond donors (Lipinski definition) is 2. The van der Waals surface area contributed by atoms with Crippen molar-refractivity contribution in [1.82, 2.24) is 4.72 Å². The average molecular weight is 351 g/mol. The Labute approximate surface area is 132 Å². The van der Waals surface area contributed by atoms with Gasteiger partial charge in [0.15, 0.2) is 0 Å². The van der Waals surface area contributed by atoms with E-state index in [1.165, 1.54) is 0 Å². The highest BCUT2D eigenvalue weighted by atomic mass is 35.5. The Morgan fingerprint density at radius 2 is 2.05 bits per heavy atom. The molecule has 10 heteroatoms. The molecule has 22 heavy (non-hydrogen) atoms. The number of hydrogen-bond acceptors (Lipinski definition) is 5. The molecular formula is C12H15ClN2O6S. The van der Waals surface area contributed by atoms with Gasteiger partial charge in [-0.2, -0.15) is 4.72 Å². The first-order chi connectivity index (χ1) is 10.0. The van der Waals surface area contributed by atoms with Gasteiger partial charge in [-0.05, 0) is 18.4 Å². The third-order valence-electron chi connectivity index (χ3n) is 2.72. The number of nitrogens with one attached hydrogen (secondary N) is 1. The number of nitro groups is 1. The number of nitrogens with zero attached hydrogens (tertiary/aromatic N) is 1. The molecule has 0 amide bonds. The van der Waals surface area contributed by atoms with Crippen molar-refractivity contribution in [3.63, 3.8) is 0 Å². The van der Waals surface area contributed by atoms with E-state index in [2.05, 4.69) is 0 Å². The van der Waals surface area contributed by atoms with Crippen LogP contribution >= 0.6 is 11.6 Å². The molecule has 0 unspecified atom stereocenters. The molecule has 1 rings (SSSR count). The third-order valence-corrected chi connectivity index (χ3v) is 4.67. The second-order valence-corrected chi connectivity index (χ2v) is 7.10. The summed E-state index contributed by atoms with van der Waals surface area (Å²) in [6.07, 6.45) is 0.0964. The van der Waals surface area contributed by atoms with Crippen LogP contribution in [0.2, 0.25) is 5.02 Å². The van der Waals surface area contributed by atoms with Gasteiger partial charge in [-0.3, -0.25) is 14.9 Å². The van der Waals surface area contributed by atoms with Gasteiger partial charge in [0.2, 0.25) is 10.0 Å². The number of non-ortho nitro benzene ring substituents is 1. The molecule has 0 saturated heterocycles. The van der Waals surface area contributed by atoms with Gasteiger partial charge in [-0.15, -0.1) is 0 Å². The van der Waals surface area contributed by atoms with Gasteiger partial charge in [0.05, 0.1) is 9.95 Å². The van der Waals surface area contributed by atoms with E-state index in [4.69, 9.17) is 16.7 Å². The largest absolute Gasteiger partial charge is 0.480 e. The zero-order chi connectivity index (χ0) is 17.1. The monoisotopic (exact) mass is 350 g/mol. The third kappa shape index (κ3) is 4.65. The van der Waals surface area contributed by atoms with Gasteiger partial charge < -0.3 is 5.11 Å². The minimum atomic E-state index is -4.21. The van der Waals surface area contributed by atoms with E-state index in [-0.39, 0.29) is 23.0 Å². The van der Waals surface area contributed by atoms with Gasteiger partial charge in [0.1, 0.15) is 10.9 Å². The Hall–Kier alpha value is -1.71. The molecule has 2 N–H and O–H groups in total. The normalized spacial score (nSPS) is 13.1. The average Bonchev–Trinajstić information content (AvgIpc) is 2.36. The van der Waals surface area contributed by atoms with Gasteiger partial charge in [-0.25, -0.2) is 8.42 Å². The van der Waals surface area contributed by atoms with Crippen molar-refractivity contribution in [1.29, 1.82) is 0 Å². The fourth-order valence-corrected chi connectivity index (χ4v) is 3.48. The van der Waals surface area contributed by atoms with Crippen LogP contribution in [0.4, 0.5) is 5.69 Å². The molecule has 0 saturated carbocycles. The summed E-state index contributed by atoms with van der Waals surface area (Å²) in [5, 5.41) is 19.3. The highest BCUT2D eigenvalue weighted by Crippen LogP contribution is 2.26. The second-order valence-electron chi connectivity index (χ2n) is 5.01. The highest BCUT2D eigenvalue weighted by Gasteiger charge is 2.28. The fourth-order valence-electron chi connectivity index (χ4n) is 1.74. The molecular weight excluding hydrogens is 336 g/mol. The molecule has 0 heterocycles. The predicted octanol–water partition coefficient (Wildman–Crippen LogP) is 2.03. The van der Waals surface area contributed by atoms with Crippen LogP contribution in [-0.4, -0.2) is 30.5 Å². The zero-order valence-electron chi connectivity index (χ0n) is 11.8. The molecule has 0 aliphatic rings. The number of nitro benzene ring substituents is 1. The molecule has 0 aliphatic heterocycles. The maximum Gasteiger partial charge on any atom is 0.321 e. The lowest BCUT2D eigenvalue weighted by atomic mass is 10.1. The molecule has 1 aromatic carbocycles. The number of aliphatic carboxylic acids is 1. The summed E-state index contributed by atoms with van der Waals surface area (Å²) in [5.41, 5.74) is -0.360. The predicted molar refractivity (Wildman–Crippen MR) is 79.3 cm³/mol. The molecule has 8 nitrogen and oxygen atoms in total. The van der Waals surface area contributed by atoms with E-state index >= 15 is 0 Å². The molecule has 122 valence electrons. The Kier molecular flexibility index (Phi) is 5.86. The molecule has 0 aromatic heterocycles. The molecule has 0 fully saturated rings. The second kappa shape index (κ2) is 7.03. The van der Waals surface area contributed by atoms with Crippen molar-refractivity contribution < 1.29 is 23.2 Å². The van der Waals surface area contributed by atoms with E-state index in [1.807, 2.05) is 4.72 Å². The topological polar surface area (TPSA) is 127 Å². The van der Waals surface area contributed by atoms with Crippen LogP contribution in [0, 0.1) is 16.0 Å². The van der Waals surface area contributed by atoms with E-state index in [9.17, 15) is 23.3 Å². The lowest BCUT2D eigenvalue weighted by Crippen LogP contribution is -2.41. The lowest BCUT2D eigenvalue weighted by Gasteiger charge is -2.17. The first-order valence-electron chi connectivity index (χ1n) is 6.23. The molecule has 0 spiro atoms. The Morgan fingerprint density at radius 3 is 2.45 bits per heavy atom. The van der Waals surface area contributed by atoms with Crippen molar-refractivity contribution in [2.75, 3.05) is 0 Å². The van der Waals surface area contributed by atoms with E-state index in [1.54, 1.807) is 13.8 Å². The quantitative estimate of drug-likeness (QED) is 0.572. The Morgan fingerprint density at radius 1 is 1.45 bits per heavy atom. The SMILES string of the molecule is CC(C)C[C@H](NS(=O)(=O)c1ccc([N+](=O)[O-])cc1Cl)C(=O)O. The van der Waals surface area contributed by atoms with E-state index < -0.39 is 31.9 Å². The minimum Gasteiger partial charge on any atom is -0.480 e. The van der Waals surface area contributed by atoms with Crippen molar-refractivity contribution in [2.45, 2.75) is 31.2 Å².